The zero-order valence-electron chi connectivity index (χ0n) is 13.9. The third-order valence-corrected chi connectivity index (χ3v) is 3.63. The van der Waals surface area contributed by atoms with E-state index in [2.05, 4.69) is 20.6 Å². The van der Waals surface area contributed by atoms with Crippen LogP contribution in [0.4, 0.5) is 11.4 Å². The number of hydrogen-bond donors (Lipinski definition) is 2. The molecular formula is C18H17N5O2. The minimum absolute atomic E-state index is 0.0382. The summed E-state index contributed by atoms with van der Waals surface area (Å²) in [5, 5.41) is 13.4. The molecule has 0 bridgehead atoms. The van der Waals surface area contributed by atoms with Gasteiger partial charge in [0.1, 0.15) is 0 Å². The molecule has 3 aromatic rings. The lowest BCUT2D eigenvalue weighted by Gasteiger charge is -2.00. The number of nitrogens with one attached hydrogen (secondary N) is 2. The second-order valence-electron chi connectivity index (χ2n) is 5.43. The molecule has 0 saturated heterocycles. The molecule has 3 rings (SSSR count). The number of para-hydroxylation sites is 1. The van der Waals surface area contributed by atoms with Gasteiger partial charge in [-0.25, -0.2) is 4.68 Å². The Morgan fingerprint density at radius 3 is 2.36 bits per heavy atom. The van der Waals surface area contributed by atoms with E-state index in [-0.39, 0.29) is 11.4 Å². The molecule has 0 spiro atoms. The summed E-state index contributed by atoms with van der Waals surface area (Å²) < 4.78 is 1.27. The number of H-pyrrole nitrogens is 1. The molecule has 1 amide bonds. The Morgan fingerprint density at radius 1 is 1.04 bits per heavy atom. The second kappa shape index (κ2) is 6.96. The second-order valence-corrected chi connectivity index (χ2v) is 5.43. The van der Waals surface area contributed by atoms with Crippen LogP contribution in [0.25, 0.3) is 5.69 Å². The predicted octanol–water partition coefficient (Wildman–Crippen LogP) is 3.25. The summed E-state index contributed by atoms with van der Waals surface area (Å²) in [4.78, 5) is 24.8. The van der Waals surface area contributed by atoms with Crippen LogP contribution in [0.15, 0.2) is 69.6 Å². The van der Waals surface area contributed by atoms with Crippen molar-refractivity contribution in [3.63, 3.8) is 0 Å². The van der Waals surface area contributed by atoms with Gasteiger partial charge < -0.3 is 5.32 Å². The number of aromatic amines is 1. The van der Waals surface area contributed by atoms with E-state index in [0.717, 1.165) is 5.56 Å². The van der Waals surface area contributed by atoms with Crippen LogP contribution in [0.1, 0.15) is 16.1 Å². The molecule has 7 nitrogen and oxygen atoms in total. The average molecular weight is 335 g/mol. The number of carbonyl (C=O) groups excluding carboxylic acids is 1. The van der Waals surface area contributed by atoms with E-state index in [1.54, 1.807) is 36.4 Å². The first-order valence-electron chi connectivity index (χ1n) is 7.71. The molecule has 0 saturated carbocycles. The molecule has 0 fully saturated rings. The lowest BCUT2D eigenvalue weighted by molar-refractivity contribution is 0.0958. The quantitative estimate of drug-likeness (QED) is 0.716. The molecule has 0 aliphatic rings. The van der Waals surface area contributed by atoms with Crippen molar-refractivity contribution in [3.8, 4) is 5.69 Å². The number of azo groups is 1. The zero-order valence-corrected chi connectivity index (χ0v) is 13.9. The molecule has 0 aliphatic heterocycles. The molecule has 1 heterocycles. The number of aryl methyl sites for hydroxylation is 1. The maximum absolute atomic E-state index is 12.7. The summed E-state index contributed by atoms with van der Waals surface area (Å²) in [5.74, 6) is -0.440. The van der Waals surface area contributed by atoms with Gasteiger partial charge in [0.15, 0.2) is 11.4 Å². The number of nitrogens with zero attached hydrogens (tertiary/aromatic N) is 3. The van der Waals surface area contributed by atoms with Crippen LogP contribution in [0.5, 0.6) is 0 Å². The fourth-order valence-electron chi connectivity index (χ4n) is 2.28. The highest BCUT2D eigenvalue weighted by atomic mass is 16.2. The monoisotopic (exact) mass is 335 g/mol. The Hall–Kier alpha value is -3.48. The van der Waals surface area contributed by atoms with Gasteiger partial charge in [0.2, 0.25) is 0 Å². The minimum atomic E-state index is -0.444. The van der Waals surface area contributed by atoms with E-state index in [1.807, 2.05) is 25.1 Å². The van der Waals surface area contributed by atoms with E-state index in [4.69, 9.17) is 0 Å². The van der Waals surface area contributed by atoms with Crippen molar-refractivity contribution < 1.29 is 4.79 Å². The van der Waals surface area contributed by atoms with E-state index in [0.29, 0.717) is 11.4 Å². The Balaban J connectivity index is 2.08. The summed E-state index contributed by atoms with van der Waals surface area (Å²) in [5.41, 5.74) is 1.88. The van der Waals surface area contributed by atoms with Gasteiger partial charge in [-0.1, -0.05) is 35.9 Å². The Kier molecular flexibility index (Phi) is 4.56. The van der Waals surface area contributed by atoms with E-state index in [9.17, 15) is 9.59 Å². The van der Waals surface area contributed by atoms with Crippen molar-refractivity contribution in [2.75, 3.05) is 7.05 Å². The number of hydrogen-bond acceptors (Lipinski definition) is 4. The minimum Gasteiger partial charge on any atom is -0.354 e. The number of rotatable bonds is 4. The van der Waals surface area contributed by atoms with Gasteiger partial charge in [0.05, 0.1) is 11.4 Å². The van der Waals surface area contributed by atoms with E-state index in [1.165, 1.54) is 11.7 Å². The highest BCUT2D eigenvalue weighted by molar-refractivity contribution is 5.96. The van der Waals surface area contributed by atoms with Crippen LogP contribution in [-0.2, 0) is 0 Å². The van der Waals surface area contributed by atoms with Crippen molar-refractivity contribution in [2.24, 2.45) is 10.2 Å². The molecule has 2 N–H and O–H groups in total. The molecule has 1 aromatic heterocycles. The fraction of sp³-hybridized carbons (Fsp3) is 0.111. The fourth-order valence-corrected chi connectivity index (χ4v) is 2.28. The van der Waals surface area contributed by atoms with Crippen LogP contribution in [-0.4, -0.2) is 22.7 Å². The summed E-state index contributed by atoms with van der Waals surface area (Å²) in [6.07, 6.45) is 0. The molecule has 25 heavy (non-hydrogen) atoms. The molecule has 126 valence electrons. The summed E-state index contributed by atoms with van der Waals surface area (Å²) in [6.45, 7) is 1.97. The number of aromatic nitrogens is 2. The number of amides is 1. The normalized spacial score (nSPS) is 11.0. The molecule has 7 heteroatoms. The Labute approximate surface area is 144 Å². The molecule has 2 aromatic carbocycles. The van der Waals surface area contributed by atoms with Gasteiger partial charge in [0, 0.05) is 7.05 Å². The lowest BCUT2D eigenvalue weighted by atomic mass is 10.2. The zero-order chi connectivity index (χ0) is 17.8. The van der Waals surface area contributed by atoms with Crippen molar-refractivity contribution >= 4 is 17.3 Å². The van der Waals surface area contributed by atoms with Gasteiger partial charge in [-0.3, -0.25) is 14.7 Å². The molecule has 0 radical (unpaired) electrons. The highest BCUT2D eigenvalue weighted by Crippen LogP contribution is 2.20. The first-order chi connectivity index (χ1) is 12.1. The number of carbonyl (C=O) groups is 1. The van der Waals surface area contributed by atoms with Crippen molar-refractivity contribution in [2.45, 2.75) is 6.92 Å². The van der Waals surface area contributed by atoms with Crippen molar-refractivity contribution in [3.05, 3.63) is 76.2 Å². The average Bonchev–Trinajstić information content (AvgIpc) is 2.98. The third-order valence-electron chi connectivity index (χ3n) is 3.63. The smallest absolute Gasteiger partial charge is 0.299 e. The van der Waals surface area contributed by atoms with Crippen molar-refractivity contribution in [1.82, 2.24) is 15.1 Å². The van der Waals surface area contributed by atoms with Crippen LogP contribution < -0.4 is 10.9 Å². The maximum Gasteiger partial charge on any atom is 0.299 e. The maximum atomic E-state index is 12.7. The predicted molar refractivity (Wildman–Crippen MR) is 95.1 cm³/mol. The van der Waals surface area contributed by atoms with Gasteiger partial charge in [0.25, 0.3) is 11.5 Å². The molecule has 0 aliphatic carbocycles. The van der Waals surface area contributed by atoms with Gasteiger partial charge >= 0.3 is 0 Å². The van der Waals surface area contributed by atoms with Crippen LogP contribution in [0.3, 0.4) is 0 Å². The van der Waals surface area contributed by atoms with Gasteiger partial charge in [-0.05, 0) is 31.2 Å². The summed E-state index contributed by atoms with van der Waals surface area (Å²) in [7, 11) is 1.49. The number of benzene rings is 2. The van der Waals surface area contributed by atoms with Crippen LogP contribution in [0, 0.1) is 6.92 Å². The standard InChI is InChI=1S/C18H17N5O2/c1-12-8-10-13(11-9-12)20-21-16-15(17(24)19-2)22-23(18(16)25)14-6-4-3-5-7-14/h3-11,22H,1-2H3,(H,19,24). The van der Waals surface area contributed by atoms with E-state index < -0.39 is 11.5 Å². The summed E-state index contributed by atoms with van der Waals surface area (Å²) in [6, 6.07) is 16.3. The van der Waals surface area contributed by atoms with Gasteiger partial charge in [-0.15, -0.1) is 5.11 Å². The largest absolute Gasteiger partial charge is 0.354 e. The first kappa shape index (κ1) is 16.4. The summed E-state index contributed by atoms with van der Waals surface area (Å²) >= 11 is 0. The molecular weight excluding hydrogens is 318 g/mol. The van der Waals surface area contributed by atoms with Crippen LogP contribution in [0.2, 0.25) is 0 Å². The van der Waals surface area contributed by atoms with Crippen molar-refractivity contribution in [1.29, 1.82) is 0 Å². The SMILES string of the molecule is CNC(=O)c1[nH]n(-c2ccccc2)c(=O)c1N=Nc1ccc(C)cc1. The first-order valence-corrected chi connectivity index (χ1v) is 7.71. The highest BCUT2D eigenvalue weighted by Gasteiger charge is 2.20. The van der Waals surface area contributed by atoms with E-state index >= 15 is 0 Å². The molecule has 0 atom stereocenters. The Morgan fingerprint density at radius 2 is 1.72 bits per heavy atom. The van der Waals surface area contributed by atoms with Crippen LogP contribution >= 0.6 is 0 Å². The Bertz CT molecular complexity index is 969. The van der Waals surface area contributed by atoms with Gasteiger partial charge in [-0.2, -0.15) is 5.11 Å². The molecule has 0 unspecified atom stereocenters. The lowest BCUT2D eigenvalue weighted by Crippen LogP contribution is -2.18. The third kappa shape index (κ3) is 3.40. The topological polar surface area (TPSA) is 91.6 Å².